The molecule has 0 saturated carbocycles. The molecule has 6 nitrogen and oxygen atoms in total. The normalized spacial score (nSPS) is 14.8. The minimum absolute atomic E-state index is 0.242. The van der Waals surface area contributed by atoms with E-state index in [4.69, 9.17) is 23.2 Å². The van der Waals surface area contributed by atoms with Crippen LogP contribution in [0.2, 0.25) is 10.0 Å². The average Bonchev–Trinajstić information content (AvgIpc) is 2.46. The molecule has 1 aliphatic heterocycles. The van der Waals surface area contributed by atoms with Crippen molar-refractivity contribution in [1.29, 1.82) is 0 Å². The summed E-state index contributed by atoms with van der Waals surface area (Å²) in [6, 6.07) is 4.64. The van der Waals surface area contributed by atoms with E-state index in [2.05, 4.69) is 0 Å². The second kappa shape index (κ2) is 6.98. The first-order valence-corrected chi connectivity index (χ1v) is 7.36. The standard InChI is InChI=1S/C14H14Cl2N2O4/c15-9-1-2-10(11(16)7-9)14(22)18-5-3-17(4-6-18)12(19)8-13(20)21/h1-2,7H,3-6,8H2,(H,20,21)/p-1. The molecule has 1 aliphatic rings. The van der Waals surface area contributed by atoms with E-state index in [9.17, 15) is 19.5 Å². The van der Waals surface area contributed by atoms with E-state index in [0.717, 1.165) is 0 Å². The van der Waals surface area contributed by atoms with Crippen LogP contribution >= 0.6 is 23.2 Å². The van der Waals surface area contributed by atoms with Gasteiger partial charge in [-0.1, -0.05) is 23.2 Å². The molecule has 118 valence electrons. The van der Waals surface area contributed by atoms with E-state index in [1.54, 1.807) is 17.0 Å². The van der Waals surface area contributed by atoms with Gasteiger partial charge >= 0.3 is 0 Å². The van der Waals surface area contributed by atoms with Gasteiger partial charge in [-0.05, 0) is 18.2 Å². The Labute approximate surface area is 137 Å². The van der Waals surface area contributed by atoms with Crippen molar-refractivity contribution in [3.8, 4) is 0 Å². The van der Waals surface area contributed by atoms with E-state index in [1.165, 1.54) is 11.0 Å². The predicted octanol–water partition coefficient (Wildman–Crippen LogP) is 0.418. The molecule has 0 N–H and O–H groups in total. The fraction of sp³-hybridized carbons (Fsp3) is 0.357. The maximum atomic E-state index is 12.4. The third kappa shape index (κ3) is 3.90. The number of piperazine rings is 1. The van der Waals surface area contributed by atoms with Gasteiger partial charge in [0.05, 0.1) is 23.0 Å². The summed E-state index contributed by atoms with van der Waals surface area (Å²) in [6.45, 7) is 1.19. The van der Waals surface area contributed by atoms with Gasteiger partial charge < -0.3 is 19.7 Å². The zero-order chi connectivity index (χ0) is 16.3. The van der Waals surface area contributed by atoms with Crippen LogP contribution in [0.5, 0.6) is 0 Å². The highest BCUT2D eigenvalue weighted by atomic mass is 35.5. The van der Waals surface area contributed by atoms with Gasteiger partial charge in [0, 0.05) is 31.2 Å². The van der Waals surface area contributed by atoms with Crippen molar-refractivity contribution in [3.05, 3.63) is 33.8 Å². The van der Waals surface area contributed by atoms with Crippen molar-refractivity contribution in [1.82, 2.24) is 9.80 Å². The van der Waals surface area contributed by atoms with E-state index in [0.29, 0.717) is 23.7 Å². The summed E-state index contributed by atoms with van der Waals surface area (Å²) in [5.41, 5.74) is 0.348. The zero-order valence-corrected chi connectivity index (χ0v) is 13.1. The van der Waals surface area contributed by atoms with Crippen LogP contribution in [0.25, 0.3) is 0 Å². The fourth-order valence-electron chi connectivity index (χ4n) is 2.23. The highest BCUT2D eigenvalue weighted by Gasteiger charge is 2.25. The van der Waals surface area contributed by atoms with Crippen molar-refractivity contribution in [2.24, 2.45) is 0 Å². The molecule has 0 unspecified atom stereocenters. The molecule has 1 heterocycles. The Morgan fingerprint density at radius 1 is 1.05 bits per heavy atom. The number of halogens is 2. The summed E-state index contributed by atoms with van der Waals surface area (Å²) >= 11 is 11.8. The third-order valence-corrected chi connectivity index (χ3v) is 3.92. The molecule has 1 fully saturated rings. The van der Waals surface area contributed by atoms with Crippen LogP contribution in [0.1, 0.15) is 16.8 Å². The number of aliphatic carboxylic acids is 1. The molecule has 1 aromatic carbocycles. The Morgan fingerprint density at radius 2 is 1.64 bits per heavy atom. The predicted molar refractivity (Wildman–Crippen MR) is 78.6 cm³/mol. The van der Waals surface area contributed by atoms with Gasteiger partial charge in [0.1, 0.15) is 0 Å². The van der Waals surface area contributed by atoms with Crippen LogP contribution in [0.3, 0.4) is 0 Å². The van der Waals surface area contributed by atoms with Gasteiger partial charge in [0.2, 0.25) is 5.91 Å². The van der Waals surface area contributed by atoms with Crippen LogP contribution in [-0.4, -0.2) is 53.8 Å². The highest BCUT2D eigenvalue weighted by molar-refractivity contribution is 6.36. The number of carboxylic acid groups (broad SMARTS) is 1. The second-order valence-electron chi connectivity index (χ2n) is 4.85. The number of rotatable bonds is 3. The van der Waals surface area contributed by atoms with E-state index < -0.39 is 18.3 Å². The lowest BCUT2D eigenvalue weighted by molar-refractivity contribution is -0.304. The maximum absolute atomic E-state index is 12.4. The summed E-state index contributed by atoms with van der Waals surface area (Å²) in [5, 5.41) is 11.1. The van der Waals surface area contributed by atoms with Gasteiger partial charge in [0.25, 0.3) is 5.91 Å². The summed E-state index contributed by atoms with van der Waals surface area (Å²) < 4.78 is 0. The Hall–Kier alpha value is -1.79. The Balaban J connectivity index is 1.98. The number of hydrogen-bond donors (Lipinski definition) is 0. The number of benzene rings is 1. The molecule has 22 heavy (non-hydrogen) atoms. The Kier molecular flexibility index (Phi) is 5.26. The first-order valence-electron chi connectivity index (χ1n) is 6.60. The first kappa shape index (κ1) is 16.6. The lowest BCUT2D eigenvalue weighted by atomic mass is 10.1. The third-order valence-electron chi connectivity index (χ3n) is 3.38. The molecule has 1 aromatic rings. The largest absolute Gasteiger partial charge is 0.550 e. The Bertz CT molecular complexity index is 613. The van der Waals surface area contributed by atoms with Gasteiger partial charge in [-0.3, -0.25) is 9.59 Å². The summed E-state index contributed by atoms with van der Waals surface area (Å²) in [7, 11) is 0. The quantitative estimate of drug-likeness (QED) is 0.745. The molecule has 2 amide bonds. The molecule has 0 aromatic heterocycles. The molecular weight excluding hydrogens is 331 g/mol. The number of hydrogen-bond acceptors (Lipinski definition) is 4. The van der Waals surface area contributed by atoms with Gasteiger partial charge in [0.15, 0.2) is 0 Å². The van der Waals surface area contributed by atoms with Crippen molar-refractivity contribution < 1.29 is 19.5 Å². The first-order chi connectivity index (χ1) is 10.4. The molecule has 0 bridgehead atoms. The van der Waals surface area contributed by atoms with Crippen molar-refractivity contribution in [3.63, 3.8) is 0 Å². The highest BCUT2D eigenvalue weighted by Crippen LogP contribution is 2.22. The van der Waals surface area contributed by atoms with Crippen molar-refractivity contribution in [2.75, 3.05) is 26.2 Å². The molecule has 1 saturated heterocycles. The smallest absolute Gasteiger partial charge is 0.255 e. The molecule has 0 atom stereocenters. The number of nitrogens with zero attached hydrogens (tertiary/aromatic N) is 2. The van der Waals surface area contributed by atoms with Crippen molar-refractivity contribution >= 4 is 41.0 Å². The van der Waals surface area contributed by atoms with Crippen molar-refractivity contribution in [2.45, 2.75) is 6.42 Å². The topological polar surface area (TPSA) is 80.8 Å². The number of carbonyl (C=O) groups is 3. The maximum Gasteiger partial charge on any atom is 0.255 e. The van der Waals surface area contributed by atoms with E-state index >= 15 is 0 Å². The second-order valence-corrected chi connectivity index (χ2v) is 5.69. The fourth-order valence-corrected chi connectivity index (χ4v) is 2.72. The minimum Gasteiger partial charge on any atom is -0.550 e. The van der Waals surface area contributed by atoms with Gasteiger partial charge in [-0.2, -0.15) is 0 Å². The summed E-state index contributed by atoms with van der Waals surface area (Å²) in [5.74, 6) is -2.15. The van der Waals surface area contributed by atoms with Crippen LogP contribution in [0, 0.1) is 0 Å². The number of amides is 2. The van der Waals surface area contributed by atoms with Gasteiger partial charge in [-0.15, -0.1) is 0 Å². The molecular formula is C14H13Cl2N2O4-. The molecule has 0 aliphatic carbocycles. The zero-order valence-electron chi connectivity index (χ0n) is 11.6. The summed E-state index contributed by atoms with van der Waals surface area (Å²) in [6.07, 6.45) is -0.642. The molecule has 0 radical (unpaired) electrons. The Morgan fingerprint density at radius 3 is 2.18 bits per heavy atom. The van der Waals surface area contributed by atoms with E-state index in [1.807, 2.05) is 0 Å². The SMILES string of the molecule is O=C([O-])CC(=O)N1CCN(C(=O)c2ccc(Cl)cc2Cl)CC1. The van der Waals surface area contributed by atoms with Crippen LogP contribution < -0.4 is 5.11 Å². The van der Waals surface area contributed by atoms with Crippen LogP contribution in [-0.2, 0) is 9.59 Å². The number of carbonyl (C=O) groups excluding carboxylic acids is 3. The van der Waals surface area contributed by atoms with Crippen LogP contribution in [0.15, 0.2) is 18.2 Å². The molecule has 8 heteroatoms. The minimum atomic E-state index is -1.41. The van der Waals surface area contributed by atoms with Gasteiger partial charge in [-0.25, -0.2) is 0 Å². The van der Waals surface area contributed by atoms with Crippen LogP contribution in [0.4, 0.5) is 0 Å². The molecule has 0 spiro atoms. The number of carboxylic acids is 1. The monoisotopic (exact) mass is 343 g/mol. The average molecular weight is 344 g/mol. The lowest BCUT2D eigenvalue weighted by Gasteiger charge is -2.35. The lowest BCUT2D eigenvalue weighted by Crippen LogP contribution is -2.51. The summed E-state index contributed by atoms with van der Waals surface area (Å²) in [4.78, 5) is 37.4. The molecule has 2 rings (SSSR count). The van der Waals surface area contributed by atoms with E-state index in [-0.39, 0.29) is 24.0 Å².